The maximum Gasteiger partial charge on any atom is 0.432 e. The Morgan fingerprint density at radius 2 is 2.09 bits per heavy atom. The van der Waals surface area contributed by atoms with Crippen LogP contribution in [-0.2, 0) is 4.79 Å². The van der Waals surface area contributed by atoms with E-state index in [4.69, 9.17) is 15.2 Å². The number of aliphatic carboxylic acids is 1. The lowest BCUT2D eigenvalue weighted by atomic mass is 10.2. The van der Waals surface area contributed by atoms with Gasteiger partial charge >= 0.3 is 13.7 Å². The van der Waals surface area contributed by atoms with Crippen LogP contribution >= 0.6 is 0 Å². The molecule has 0 saturated carbocycles. The van der Waals surface area contributed by atoms with E-state index in [9.17, 15) is 4.79 Å². The quantitative estimate of drug-likeness (QED) is 0.336. The number of nitrogens with one attached hydrogen (secondary N) is 1. The highest BCUT2D eigenvalue weighted by Crippen LogP contribution is 2.03. The summed E-state index contributed by atoms with van der Waals surface area (Å²) in [6.07, 6.45) is 1.78. The second kappa shape index (κ2) is 6.15. The van der Waals surface area contributed by atoms with Crippen LogP contribution in [0.2, 0.25) is 0 Å². The van der Waals surface area contributed by atoms with Crippen LogP contribution in [0.1, 0.15) is 12.8 Å². The monoisotopic (exact) mass is 161 g/mol. The molecule has 1 atom stereocenters. The van der Waals surface area contributed by atoms with Crippen molar-refractivity contribution in [2.24, 2.45) is 0 Å². The van der Waals surface area contributed by atoms with E-state index in [-0.39, 0.29) is 6.04 Å². The van der Waals surface area contributed by atoms with Crippen molar-refractivity contribution in [1.29, 1.82) is 0 Å². The van der Waals surface area contributed by atoms with Crippen LogP contribution in [0.5, 0.6) is 0 Å². The molecular formula is C5H12BNO4. The van der Waals surface area contributed by atoms with Gasteiger partial charge in [0.1, 0.15) is 6.04 Å². The second-order valence-corrected chi connectivity index (χ2v) is 2.13. The average Bonchev–Trinajstić information content (AvgIpc) is 2.38. The molecule has 1 aliphatic heterocycles. The van der Waals surface area contributed by atoms with Crippen molar-refractivity contribution < 1.29 is 19.9 Å². The van der Waals surface area contributed by atoms with Crippen molar-refractivity contribution in [2.45, 2.75) is 18.9 Å². The lowest BCUT2D eigenvalue weighted by Crippen LogP contribution is -2.29. The first-order valence-electron chi connectivity index (χ1n) is 3.40. The molecule has 1 saturated heterocycles. The predicted molar refractivity (Wildman–Crippen MR) is 40.2 cm³/mol. The molecule has 0 aliphatic carbocycles. The second-order valence-electron chi connectivity index (χ2n) is 2.13. The highest BCUT2D eigenvalue weighted by Gasteiger charge is 2.20. The largest absolute Gasteiger partial charge is 0.480 e. The molecule has 0 spiro atoms. The van der Waals surface area contributed by atoms with E-state index in [2.05, 4.69) is 5.32 Å². The van der Waals surface area contributed by atoms with E-state index in [1.165, 1.54) is 0 Å². The molecule has 0 aromatic rings. The molecule has 1 rings (SSSR count). The number of carbonyl (C=O) groups is 1. The highest BCUT2D eigenvalue weighted by molar-refractivity contribution is 6.13. The maximum absolute atomic E-state index is 10.1. The van der Waals surface area contributed by atoms with Crippen molar-refractivity contribution in [3.05, 3.63) is 0 Å². The van der Waals surface area contributed by atoms with E-state index < -0.39 is 13.7 Å². The number of carboxylic acids is 1. The van der Waals surface area contributed by atoms with Gasteiger partial charge in [0.25, 0.3) is 0 Å². The van der Waals surface area contributed by atoms with Crippen LogP contribution in [0.15, 0.2) is 0 Å². The molecule has 6 heteroatoms. The molecule has 1 fully saturated rings. The van der Waals surface area contributed by atoms with Gasteiger partial charge in [0.2, 0.25) is 0 Å². The minimum atomic E-state index is -0.750. The fraction of sp³-hybridized carbons (Fsp3) is 0.800. The summed E-state index contributed by atoms with van der Waals surface area (Å²) in [6.45, 7) is 0.858. The smallest absolute Gasteiger partial charge is 0.432 e. The number of rotatable bonds is 1. The predicted octanol–water partition coefficient (Wildman–Crippen LogP) is -1.94. The molecule has 0 amide bonds. The molecule has 4 N–H and O–H groups in total. The first-order valence-corrected chi connectivity index (χ1v) is 3.40. The van der Waals surface area contributed by atoms with Gasteiger partial charge in [-0.3, -0.25) is 4.79 Å². The van der Waals surface area contributed by atoms with Gasteiger partial charge in [-0.25, -0.2) is 0 Å². The molecule has 11 heavy (non-hydrogen) atoms. The van der Waals surface area contributed by atoms with Crippen molar-refractivity contribution in [3.8, 4) is 0 Å². The Bertz CT molecular complexity index is 115. The summed E-state index contributed by atoms with van der Waals surface area (Å²) >= 11 is 0. The van der Waals surface area contributed by atoms with Crippen LogP contribution in [-0.4, -0.2) is 41.4 Å². The standard InChI is InChI=1S/C5H9NO2.BH3O2/c7-5(8)4-2-1-3-6-4;2-1-3/h4,6H,1-3H2,(H,7,8);1-3H. The number of hydrogen-bond donors (Lipinski definition) is 4. The number of hydrogen-bond acceptors (Lipinski definition) is 4. The lowest BCUT2D eigenvalue weighted by Gasteiger charge is -1.99. The topological polar surface area (TPSA) is 89.8 Å². The Kier molecular flexibility index (Phi) is 5.82. The maximum atomic E-state index is 10.1. The summed E-state index contributed by atoms with van der Waals surface area (Å²) in [5, 5.41) is 25.5. The zero-order chi connectivity index (χ0) is 8.69. The minimum absolute atomic E-state index is 0.269. The molecular weight excluding hydrogens is 149 g/mol. The van der Waals surface area contributed by atoms with Crippen LogP contribution in [0.25, 0.3) is 0 Å². The SMILES string of the molecule is O=C(O)C1CCCN1.OBO. The van der Waals surface area contributed by atoms with Crippen LogP contribution < -0.4 is 5.32 Å². The van der Waals surface area contributed by atoms with Crippen molar-refractivity contribution in [2.75, 3.05) is 6.54 Å². The van der Waals surface area contributed by atoms with Crippen molar-refractivity contribution in [3.63, 3.8) is 0 Å². The van der Waals surface area contributed by atoms with Crippen molar-refractivity contribution in [1.82, 2.24) is 5.32 Å². The zero-order valence-electron chi connectivity index (χ0n) is 6.16. The third-order valence-corrected chi connectivity index (χ3v) is 1.36. The summed E-state index contributed by atoms with van der Waals surface area (Å²) in [7, 11) is -0.750. The Hall–Kier alpha value is -0.585. The molecule has 0 aromatic heterocycles. The van der Waals surface area contributed by atoms with Gasteiger partial charge in [-0.1, -0.05) is 0 Å². The van der Waals surface area contributed by atoms with Gasteiger partial charge < -0.3 is 20.5 Å². The highest BCUT2D eigenvalue weighted by atomic mass is 16.4. The zero-order valence-corrected chi connectivity index (χ0v) is 6.16. The molecule has 0 radical (unpaired) electrons. The normalized spacial score (nSPS) is 21.8. The van der Waals surface area contributed by atoms with Gasteiger partial charge in [-0.2, -0.15) is 0 Å². The van der Waals surface area contributed by atoms with Crippen LogP contribution in [0.4, 0.5) is 0 Å². The van der Waals surface area contributed by atoms with Gasteiger partial charge in [-0.15, -0.1) is 0 Å². The molecule has 64 valence electrons. The molecule has 0 aromatic carbocycles. The van der Waals surface area contributed by atoms with E-state index in [1.54, 1.807) is 0 Å². The summed E-state index contributed by atoms with van der Waals surface area (Å²) < 4.78 is 0. The van der Waals surface area contributed by atoms with Gasteiger partial charge in [0, 0.05) is 0 Å². The fourth-order valence-corrected chi connectivity index (χ4v) is 0.895. The summed E-state index contributed by atoms with van der Waals surface area (Å²) in [5.41, 5.74) is 0. The Balaban J connectivity index is 0.000000292. The van der Waals surface area contributed by atoms with Gasteiger partial charge in [-0.05, 0) is 19.4 Å². The van der Waals surface area contributed by atoms with Crippen LogP contribution in [0, 0.1) is 0 Å². The van der Waals surface area contributed by atoms with E-state index in [0.717, 1.165) is 19.4 Å². The van der Waals surface area contributed by atoms with Crippen LogP contribution in [0.3, 0.4) is 0 Å². The first kappa shape index (κ1) is 10.4. The molecule has 1 unspecified atom stereocenters. The summed E-state index contributed by atoms with van der Waals surface area (Å²) in [5.74, 6) is -0.720. The summed E-state index contributed by atoms with van der Waals surface area (Å²) in [4.78, 5) is 10.1. The summed E-state index contributed by atoms with van der Waals surface area (Å²) in [6, 6.07) is -0.269. The fourth-order valence-electron chi connectivity index (χ4n) is 0.895. The Labute approximate surface area is 65.4 Å². The van der Waals surface area contributed by atoms with Crippen molar-refractivity contribution >= 4 is 13.7 Å². The molecule has 5 nitrogen and oxygen atoms in total. The third-order valence-electron chi connectivity index (χ3n) is 1.36. The van der Waals surface area contributed by atoms with Gasteiger partial charge in [0.05, 0.1) is 0 Å². The first-order chi connectivity index (χ1) is 5.22. The molecule has 0 bridgehead atoms. The van der Waals surface area contributed by atoms with E-state index >= 15 is 0 Å². The Morgan fingerprint density at radius 1 is 1.55 bits per heavy atom. The van der Waals surface area contributed by atoms with E-state index in [0.29, 0.717) is 0 Å². The van der Waals surface area contributed by atoms with Gasteiger partial charge in [0.15, 0.2) is 0 Å². The molecule has 1 aliphatic rings. The average molecular weight is 161 g/mol. The number of carboxylic acid groups (broad SMARTS) is 1. The minimum Gasteiger partial charge on any atom is -0.480 e. The third kappa shape index (κ3) is 4.77. The lowest BCUT2D eigenvalue weighted by molar-refractivity contribution is -0.139. The molecule has 1 heterocycles. The Morgan fingerprint density at radius 3 is 2.27 bits per heavy atom. The van der Waals surface area contributed by atoms with E-state index in [1.807, 2.05) is 0 Å².